The molecule has 1 aliphatic heterocycles. The lowest BCUT2D eigenvalue weighted by atomic mass is 9.98. The standard InChI is InChI=1S/C17H17NO2/c19-12-15-7-3-4-8-16(15)17(20)18-10-9-13-5-1-2-6-14(13)11-18/h1-8,19H,9-12H2. The number of benzene rings is 2. The summed E-state index contributed by atoms with van der Waals surface area (Å²) in [5.74, 6) is 0.00385. The van der Waals surface area contributed by atoms with Crippen LogP contribution >= 0.6 is 0 Å². The van der Waals surface area contributed by atoms with Crippen molar-refractivity contribution in [3.05, 3.63) is 70.8 Å². The molecular formula is C17H17NO2. The van der Waals surface area contributed by atoms with E-state index in [1.807, 2.05) is 29.2 Å². The van der Waals surface area contributed by atoms with E-state index in [1.165, 1.54) is 11.1 Å². The molecule has 1 N–H and O–H groups in total. The van der Waals surface area contributed by atoms with Gasteiger partial charge in [0.2, 0.25) is 0 Å². The van der Waals surface area contributed by atoms with E-state index in [9.17, 15) is 9.90 Å². The van der Waals surface area contributed by atoms with E-state index in [-0.39, 0.29) is 12.5 Å². The van der Waals surface area contributed by atoms with Gasteiger partial charge >= 0.3 is 0 Å². The molecule has 1 amide bonds. The minimum atomic E-state index is -0.105. The van der Waals surface area contributed by atoms with Gasteiger partial charge in [0, 0.05) is 18.7 Å². The highest BCUT2D eigenvalue weighted by Gasteiger charge is 2.22. The Morgan fingerprint density at radius 3 is 2.55 bits per heavy atom. The Labute approximate surface area is 118 Å². The van der Waals surface area contributed by atoms with Crippen LogP contribution in [0.15, 0.2) is 48.5 Å². The summed E-state index contributed by atoms with van der Waals surface area (Å²) in [6, 6.07) is 15.5. The number of aliphatic hydroxyl groups is 1. The molecule has 3 rings (SSSR count). The van der Waals surface area contributed by atoms with E-state index in [4.69, 9.17) is 0 Å². The van der Waals surface area contributed by atoms with Crippen molar-refractivity contribution in [1.29, 1.82) is 0 Å². The summed E-state index contributed by atoms with van der Waals surface area (Å²) in [5.41, 5.74) is 3.84. The molecular weight excluding hydrogens is 250 g/mol. The quantitative estimate of drug-likeness (QED) is 0.907. The predicted molar refractivity (Wildman–Crippen MR) is 77.3 cm³/mol. The normalized spacial score (nSPS) is 13.9. The Bertz CT molecular complexity index is 636. The minimum absolute atomic E-state index is 0.00385. The number of carbonyl (C=O) groups excluding carboxylic acids is 1. The van der Waals surface area contributed by atoms with Crippen molar-refractivity contribution >= 4 is 5.91 Å². The molecule has 3 nitrogen and oxygen atoms in total. The zero-order chi connectivity index (χ0) is 13.9. The van der Waals surface area contributed by atoms with Crippen molar-refractivity contribution in [1.82, 2.24) is 4.90 Å². The van der Waals surface area contributed by atoms with E-state index in [0.717, 1.165) is 13.0 Å². The van der Waals surface area contributed by atoms with Crippen molar-refractivity contribution in [2.75, 3.05) is 6.54 Å². The number of fused-ring (bicyclic) bond motifs is 1. The summed E-state index contributed by atoms with van der Waals surface area (Å²) in [6.45, 7) is 1.27. The highest BCUT2D eigenvalue weighted by molar-refractivity contribution is 5.95. The lowest BCUT2D eigenvalue weighted by Crippen LogP contribution is -2.36. The number of carbonyl (C=O) groups is 1. The lowest BCUT2D eigenvalue weighted by Gasteiger charge is -2.29. The summed E-state index contributed by atoms with van der Waals surface area (Å²) >= 11 is 0. The maximum atomic E-state index is 12.6. The number of amides is 1. The zero-order valence-electron chi connectivity index (χ0n) is 11.2. The van der Waals surface area contributed by atoms with Gasteiger partial charge < -0.3 is 10.0 Å². The number of hydrogen-bond donors (Lipinski definition) is 1. The fourth-order valence-electron chi connectivity index (χ4n) is 2.71. The first-order chi connectivity index (χ1) is 9.79. The van der Waals surface area contributed by atoms with E-state index in [1.54, 1.807) is 12.1 Å². The Kier molecular flexibility index (Phi) is 3.52. The lowest BCUT2D eigenvalue weighted by molar-refractivity contribution is 0.0731. The molecule has 0 saturated heterocycles. The zero-order valence-corrected chi connectivity index (χ0v) is 11.2. The summed E-state index contributed by atoms with van der Waals surface area (Å²) in [6.07, 6.45) is 0.892. The molecule has 0 spiro atoms. The largest absolute Gasteiger partial charge is 0.392 e. The van der Waals surface area contributed by atoms with Crippen molar-refractivity contribution in [2.45, 2.75) is 19.6 Å². The molecule has 1 heterocycles. The van der Waals surface area contributed by atoms with E-state index < -0.39 is 0 Å². The second-order valence-corrected chi connectivity index (χ2v) is 5.06. The van der Waals surface area contributed by atoms with Crippen LogP contribution in [0.3, 0.4) is 0 Å². The van der Waals surface area contributed by atoms with Crippen LogP contribution in [0.5, 0.6) is 0 Å². The van der Waals surface area contributed by atoms with Crippen molar-refractivity contribution in [2.24, 2.45) is 0 Å². The highest BCUT2D eigenvalue weighted by Crippen LogP contribution is 2.21. The van der Waals surface area contributed by atoms with Crippen LogP contribution in [0.25, 0.3) is 0 Å². The van der Waals surface area contributed by atoms with E-state index in [0.29, 0.717) is 17.7 Å². The maximum absolute atomic E-state index is 12.6. The van der Waals surface area contributed by atoms with Crippen molar-refractivity contribution < 1.29 is 9.90 Å². The summed E-state index contributed by atoms with van der Waals surface area (Å²) < 4.78 is 0. The van der Waals surface area contributed by atoms with Gasteiger partial charge in [-0.05, 0) is 29.2 Å². The Morgan fingerprint density at radius 1 is 1.05 bits per heavy atom. The molecule has 0 bridgehead atoms. The van der Waals surface area contributed by atoms with Gasteiger partial charge in [-0.1, -0.05) is 42.5 Å². The molecule has 0 saturated carbocycles. The van der Waals surface area contributed by atoms with Gasteiger partial charge in [-0.2, -0.15) is 0 Å². The first-order valence-corrected chi connectivity index (χ1v) is 6.84. The van der Waals surface area contributed by atoms with Crippen LogP contribution in [0.2, 0.25) is 0 Å². The Hall–Kier alpha value is -2.13. The first-order valence-electron chi connectivity index (χ1n) is 6.84. The summed E-state index contributed by atoms with van der Waals surface area (Å²) in [4.78, 5) is 14.5. The molecule has 3 heteroatoms. The van der Waals surface area contributed by atoms with Gasteiger partial charge in [0.1, 0.15) is 0 Å². The maximum Gasteiger partial charge on any atom is 0.254 e. The van der Waals surface area contributed by atoms with Gasteiger partial charge in [-0.3, -0.25) is 4.79 Å². The molecule has 2 aromatic rings. The molecule has 20 heavy (non-hydrogen) atoms. The third kappa shape index (κ3) is 2.32. The molecule has 0 radical (unpaired) electrons. The molecule has 0 atom stereocenters. The molecule has 1 aliphatic rings. The Balaban J connectivity index is 1.86. The van der Waals surface area contributed by atoms with Gasteiger partial charge in [0.25, 0.3) is 5.91 Å². The SMILES string of the molecule is O=C(c1ccccc1CO)N1CCc2ccccc2C1. The number of hydrogen-bond acceptors (Lipinski definition) is 2. The smallest absolute Gasteiger partial charge is 0.254 e. The van der Waals surface area contributed by atoms with Crippen LogP contribution in [-0.2, 0) is 19.6 Å². The van der Waals surface area contributed by atoms with Crippen molar-refractivity contribution in [3.63, 3.8) is 0 Å². The molecule has 102 valence electrons. The average Bonchev–Trinajstić information content (AvgIpc) is 2.53. The van der Waals surface area contributed by atoms with E-state index in [2.05, 4.69) is 12.1 Å². The van der Waals surface area contributed by atoms with Crippen molar-refractivity contribution in [3.8, 4) is 0 Å². The fourth-order valence-corrected chi connectivity index (χ4v) is 2.71. The van der Waals surface area contributed by atoms with E-state index >= 15 is 0 Å². The Morgan fingerprint density at radius 2 is 1.75 bits per heavy atom. The first kappa shape index (κ1) is 12.9. The monoisotopic (exact) mass is 267 g/mol. The van der Waals surface area contributed by atoms with Crippen LogP contribution in [-0.4, -0.2) is 22.5 Å². The summed E-state index contributed by atoms with van der Waals surface area (Å²) in [5, 5.41) is 9.35. The van der Waals surface area contributed by atoms with Gasteiger partial charge in [0.15, 0.2) is 0 Å². The van der Waals surface area contributed by atoms with Gasteiger partial charge in [-0.25, -0.2) is 0 Å². The van der Waals surface area contributed by atoms with Crippen LogP contribution in [0.1, 0.15) is 27.0 Å². The fraction of sp³-hybridized carbons (Fsp3) is 0.235. The molecule has 2 aromatic carbocycles. The highest BCUT2D eigenvalue weighted by atomic mass is 16.3. The number of nitrogens with zero attached hydrogens (tertiary/aromatic N) is 1. The number of aliphatic hydroxyl groups excluding tert-OH is 1. The van der Waals surface area contributed by atoms with Gasteiger partial charge in [-0.15, -0.1) is 0 Å². The minimum Gasteiger partial charge on any atom is -0.392 e. The average molecular weight is 267 g/mol. The van der Waals surface area contributed by atoms with Crippen LogP contribution in [0.4, 0.5) is 0 Å². The van der Waals surface area contributed by atoms with Gasteiger partial charge in [0.05, 0.1) is 6.61 Å². The second kappa shape index (κ2) is 5.47. The topological polar surface area (TPSA) is 40.5 Å². The molecule has 0 aromatic heterocycles. The number of rotatable bonds is 2. The van der Waals surface area contributed by atoms with Crippen LogP contribution < -0.4 is 0 Å². The third-order valence-electron chi connectivity index (χ3n) is 3.84. The predicted octanol–water partition coefficient (Wildman–Crippen LogP) is 2.38. The van der Waals surface area contributed by atoms with Crippen LogP contribution in [0, 0.1) is 0 Å². The summed E-state index contributed by atoms with van der Waals surface area (Å²) in [7, 11) is 0. The molecule has 0 unspecified atom stereocenters. The third-order valence-corrected chi connectivity index (χ3v) is 3.84. The molecule has 0 aliphatic carbocycles. The molecule has 0 fully saturated rings. The second-order valence-electron chi connectivity index (χ2n) is 5.06.